The molecular formula is C14H20N2O3. The van der Waals surface area contributed by atoms with E-state index in [4.69, 9.17) is 9.84 Å². The first-order valence-electron chi connectivity index (χ1n) is 6.65. The van der Waals surface area contributed by atoms with Gasteiger partial charge >= 0.3 is 0 Å². The Morgan fingerprint density at radius 2 is 2.26 bits per heavy atom. The van der Waals surface area contributed by atoms with Gasteiger partial charge in [-0.15, -0.1) is 0 Å². The first kappa shape index (κ1) is 14.0. The minimum absolute atomic E-state index is 0.00120. The Morgan fingerprint density at radius 1 is 1.53 bits per heavy atom. The van der Waals surface area contributed by atoms with Crippen molar-refractivity contribution in [2.45, 2.75) is 25.9 Å². The normalized spacial score (nSPS) is 16.6. The summed E-state index contributed by atoms with van der Waals surface area (Å²) >= 11 is 0. The van der Waals surface area contributed by atoms with Gasteiger partial charge in [-0.1, -0.05) is 6.07 Å². The molecule has 1 saturated heterocycles. The number of ether oxygens (including phenoxy) is 1. The number of hydrogen-bond donors (Lipinski definition) is 1. The molecule has 0 radical (unpaired) electrons. The van der Waals surface area contributed by atoms with Crippen LogP contribution in [0, 0.1) is 6.92 Å². The molecule has 5 heteroatoms. The van der Waals surface area contributed by atoms with Crippen molar-refractivity contribution in [3.05, 3.63) is 29.6 Å². The van der Waals surface area contributed by atoms with Crippen molar-refractivity contribution in [3.8, 4) is 0 Å². The molecule has 0 aromatic carbocycles. The first-order valence-corrected chi connectivity index (χ1v) is 6.65. The lowest BCUT2D eigenvalue weighted by Gasteiger charge is -2.31. The Morgan fingerprint density at radius 3 is 2.89 bits per heavy atom. The van der Waals surface area contributed by atoms with Gasteiger partial charge in [-0.05, 0) is 31.4 Å². The average molecular weight is 264 g/mol. The number of aromatic nitrogens is 1. The van der Waals surface area contributed by atoms with E-state index in [1.165, 1.54) is 0 Å². The van der Waals surface area contributed by atoms with Gasteiger partial charge in [0.15, 0.2) is 0 Å². The second-order valence-corrected chi connectivity index (χ2v) is 4.75. The lowest BCUT2D eigenvalue weighted by atomic mass is 10.1. The third kappa shape index (κ3) is 3.52. The van der Waals surface area contributed by atoms with Crippen LogP contribution >= 0.6 is 0 Å². The topological polar surface area (TPSA) is 62.7 Å². The summed E-state index contributed by atoms with van der Waals surface area (Å²) in [5.41, 5.74) is 1.45. The van der Waals surface area contributed by atoms with Crippen molar-refractivity contribution in [1.29, 1.82) is 0 Å². The Balaban J connectivity index is 1.91. The molecule has 0 unspecified atom stereocenters. The summed E-state index contributed by atoms with van der Waals surface area (Å²) in [5.74, 6) is -0.00120. The molecular weight excluding hydrogens is 244 g/mol. The smallest absolute Gasteiger partial charge is 0.272 e. The Labute approximate surface area is 113 Å². The molecule has 0 atom stereocenters. The molecule has 1 aliphatic rings. The standard InChI is InChI=1S/C14H20N2O3/c1-11-3-2-6-15-13(11)14(18)16-7-4-12(5-8-16)19-10-9-17/h2-3,6,12,17H,4-5,7-10H2,1H3. The molecule has 0 aliphatic carbocycles. The van der Waals surface area contributed by atoms with Gasteiger partial charge in [0.25, 0.3) is 5.91 Å². The van der Waals surface area contributed by atoms with Gasteiger partial charge in [0.2, 0.25) is 0 Å². The van der Waals surface area contributed by atoms with Crippen LogP contribution in [-0.2, 0) is 4.74 Å². The fraction of sp³-hybridized carbons (Fsp3) is 0.571. The van der Waals surface area contributed by atoms with Crippen molar-refractivity contribution in [2.24, 2.45) is 0 Å². The zero-order valence-electron chi connectivity index (χ0n) is 11.2. The van der Waals surface area contributed by atoms with Crippen LogP contribution in [0.5, 0.6) is 0 Å². The quantitative estimate of drug-likeness (QED) is 0.881. The second kappa shape index (κ2) is 6.63. The summed E-state index contributed by atoms with van der Waals surface area (Å²) in [6.45, 7) is 3.69. The van der Waals surface area contributed by atoms with E-state index in [-0.39, 0.29) is 18.6 Å². The molecule has 2 rings (SSSR count). The maximum Gasteiger partial charge on any atom is 0.272 e. The van der Waals surface area contributed by atoms with Crippen LogP contribution < -0.4 is 0 Å². The summed E-state index contributed by atoms with van der Waals surface area (Å²) in [7, 11) is 0. The fourth-order valence-electron chi connectivity index (χ4n) is 2.30. The Kier molecular flexibility index (Phi) is 4.87. The van der Waals surface area contributed by atoms with Gasteiger partial charge in [0.05, 0.1) is 19.3 Å². The highest BCUT2D eigenvalue weighted by Crippen LogP contribution is 2.16. The van der Waals surface area contributed by atoms with E-state index in [0.717, 1.165) is 18.4 Å². The van der Waals surface area contributed by atoms with Crippen LogP contribution in [0.15, 0.2) is 18.3 Å². The molecule has 5 nitrogen and oxygen atoms in total. The predicted octanol–water partition coefficient (Wildman–Crippen LogP) is 1.00. The maximum absolute atomic E-state index is 12.3. The van der Waals surface area contributed by atoms with Gasteiger partial charge in [0.1, 0.15) is 5.69 Å². The van der Waals surface area contributed by atoms with Gasteiger partial charge in [-0.3, -0.25) is 9.78 Å². The Bertz CT molecular complexity index is 428. The number of rotatable bonds is 4. The van der Waals surface area contributed by atoms with Gasteiger partial charge < -0.3 is 14.7 Å². The van der Waals surface area contributed by atoms with Crippen molar-refractivity contribution < 1.29 is 14.6 Å². The van der Waals surface area contributed by atoms with Crippen molar-refractivity contribution in [2.75, 3.05) is 26.3 Å². The molecule has 0 spiro atoms. The zero-order chi connectivity index (χ0) is 13.7. The van der Waals surface area contributed by atoms with Crippen LogP contribution in [0.2, 0.25) is 0 Å². The highest BCUT2D eigenvalue weighted by Gasteiger charge is 2.25. The monoisotopic (exact) mass is 264 g/mol. The highest BCUT2D eigenvalue weighted by molar-refractivity contribution is 5.93. The molecule has 2 heterocycles. The summed E-state index contributed by atoms with van der Waals surface area (Å²) in [5, 5.41) is 8.72. The lowest BCUT2D eigenvalue weighted by Crippen LogP contribution is -2.41. The summed E-state index contributed by atoms with van der Waals surface area (Å²) in [6.07, 6.45) is 3.44. The van der Waals surface area contributed by atoms with Gasteiger partial charge in [0, 0.05) is 19.3 Å². The number of piperidine rings is 1. The van der Waals surface area contributed by atoms with E-state index >= 15 is 0 Å². The van der Waals surface area contributed by atoms with E-state index in [0.29, 0.717) is 25.4 Å². The van der Waals surface area contributed by atoms with Crippen molar-refractivity contribution in [3.63, 3.8) is 0 Å². The van der Waals surface area contributed by atoms with E-state index in [1.807, 2.05) is 24.0 Å². The maximum atomic E-state index is 12.3. The number of likely N-dealkylation sites (tertiary alicyclic amines) is 1. The number of carbonyl (C=O) groups excluding carboxylic acids is 1. The predicted molar refractivity (Wildman–Crippen MR) is 70.9 cm³/mol. The number of aliphatic hydroxyl groups is 1. The summed E-state index contributed by atoms with van der Waals surface area (Å²) in [6, 6.07) is 3.73. The van der Waals surface area contributed by atoms with Crippen LogP contribution in [0.1, 0.15) is 28.9 Å². The largest absolute Gasteiger partial charge is 0.394 e. The number of pyridine rings is 1. The van der Waals surface area contributed by atoms with Crippen LogP contribution in [0.25, 0.3) is 0 Å². The third-order valence-electron chi connectivity index (χ3n) is 3.39. The highest BCUT2D eigenvalue weighted by atomic mass is 16.5. The van der Waals surface area contributed by atoms with Crippen LogP contribution in [0.3, 0.4) is 0 Å². The van der Waals surface area contributed by atoms with E-state index in [9.17, 15) is 4.79 Å². The van der Waals surface area contributed by atoms with Crippen molar-refractivity contribution >= 4 is 5.91 Å². The van der Waals surface area contributed by atoms with Gasteiger partial charge in [-0.2, -0.15) is 0 Å². The number of hydrogen-bond acceptors (Lipinski definition) is 4. The number of aliphatic hydroxyl groups excluding tert-OH is 1. The van der Waals surface area contributed by atoms with E-state index < -0.39 is 0 Å². The lowest BCUT2D eigenvalue weighted by molar-refractivity contribution is -0.00566. The SMILES string of the molecule is Cc1cccnc1C(=O)N1CCC(OCCO)CC1. The van der Waals surface area contributed by atoms with E-state index in [1.54, 1.807) is 6.20 Å². The molecule has 0 saturated carbocycles. The number of amides is 1. The number of nitrogens with zero attached hydrogens (tertiary/aromatic N) is 2. The number of carbonyl (C=O) groups is 1. The van der Waals surface area contributed by atoms with Crippen molar-refractivity contribution in [1.82, 2.24) is 9.88 Å². The second-order valence-electron chi connectivity index (χ2n) is 4.75. The molecule has 0 bridgehead atoms. The fourth-order valence-corrected chi connectivity index (χ4v) is 2.30. The molecule has 1 fully saturated rings. The van der Waals surface area contributed by atoms with Gasteiger partial charge in [-0.25, -0.2) is 0 Å². The Hall–Kier alpha value is -1.46. The number of aryl methyl sites for hydroxylation is 1. The minimum atomic E-state index is -0.00120. The first-order chi connectivity index (χ1) is 9.22. The molecule has 1 aromatic rings. The van der Waals surface area contributed by atoms with Crippen LogP contribution in [0.4, 0.5) is 0 Å². The van der Waals surface area contributed by atoms with Crippen LogP contribution in [-0.4, -0.2) is 53.3 Å². The molecule has 1 amide bonds. The zero-order valence-corrected chi connectivity index (χ0v) is 11.2. The molecule has 104 valence electrons. The summed E-state index contributed by atoms with van der Waals surface area (Å²) < 4.78 is 5.49. The molecule has 19 heavy (non-hydrogen) atoms. The third-order valence-corrected chi connectivity index (χ3v) is 3.39. The minimum Gasteiger partial charge on any atom is -0.394 e. The molecule has 1 aromatic heterocycles. The average Bonchev–Trinajstić information content (AvgIpc) is 2.45. The molecule has 1 aliphatic heterocycles. The van der Waals surface area contributed by atoms with E-state index in [2.05, 4.69) is 4.98 Å². The summed E-state index contributed by atoms with van der Waals surface area (Å²) in [4.78, 5) is 18.3. The molecule has 1 N–H and O–H groups in total.